The van der Waals surface area contributed by atoms with Crippen molar-refractivity contribution in [3.8, 4) is 0 Å². The predicted octanol–water partition coefficient (Wildman–Crippen LogP) is -0.440. The van der Waals surface area contributed by atoms with Gasteiger partial charge in [0, 0.05) is 32.0 Å². The number of aromatic nitrogens is 1. The van der Waals surface area contributed by atoms with Crippen LogP contribution in [0.4, 0.5) is 11.5 Å². The second-order valence-corrected chi connectivity index (χ2v) is 7.54. The van der Waals surface area contributed by atoms with Gasteiger partial charge in [-0.15, -0.1) is 0 Å². The maximum absolute atomic E-state index is 12.1. The molecule has 0 radical (unpaired) electrons. The number of hydrogen-bond donors (Lipinski definition) is 1. The van der Waals surface area contributed by atoms with E-state index >= 15 is 0 Å². The highest BCUT2D eigenvalue weighted by Crippen LogP contribution is 2.26. The largest absolute Gasteiger partial charge is 0.378 e. The number of morpholine rings is 1. The van der Waals surface area contributed by atoms with Crippen molar-refractivity contribution in [2.75, 3.05) is 48.4 Å². The molecule has 0 aliphatic carbocycles. The Balaban J connectivity index is 1.68. The van der Waals surface area contributed by atoms with E-state index in [0.29, 0.717) is 25.4 Å². The third-order valence-corrected chi connectivity index (χ3v) is 4.99. The van der Waals surface area contributed by atoms with Crippen LogP contribution in [-0.2, 0) is 19.6 Å². The molecule has 2 aliphatic heterocycles. The standard InChI is InChI=1S/C14H20N4O4S/c15-23(20,21)10-11-7-14(19)18(9-11)12-1-2-13(16-8-12)17-3-5-22-6-4-17/h1-2,8,11H,3-7,9-10H2,(H2,15,20,21). The highest BCUT2D eigenvalue weighted by Gasteiger charge is 2.33. The van der Waals surface area contributed by atoms with E-state index in [1.165, 1.54) is 0 Å². The lowest BCUT2D eigenvalue weighted by Gasteiger charge is -2.28. The average molecular weight is 340 g/mol. The number of rotatable bonds is 4. The van der Waals surface area contributed by atoms with Crippen molar-refractivity contribution in [3.05, 3.63) is 18.3 Å². The first kappa shape index (κ1) is 16.2. The molecule has 1 amide bonds. The number of amides is 1. The Bertz CT molecular complexity index is 671. The highest BCUT2D eigenvalue weighted by molar-refractivity contribution is 7.89. The van der Waals surface area contributed by atoms with Crippen LogP contribution in [0.15, 0.2) is 18.3 Å². The fraction of sp³-hybridized carbons (Fsp3) is 0.571. The quantitative estimate of drug-likeness (QED) is 0.796. The zero-order valence-electron chi connectivity index (χ0n) is 12.7. The Morgan fingerprint density at radius 1 is 1.30 bits per heavy atom. The molecule has 0 saturated carbocycles. The van der Waals surface area contributed by atoms with Gasteiger partial charge in [0.25, 0.3) is 0 Å². The first-order chi connectivity index (χ1) is 10.9. The lowest BCUT2D eigenvalue weighted by Crippen LogP contribution is -2.36. The van der Waals surface area contributed by atoms with Gasteiger partial charge in [0.15, 0.2) is 0 Å². The second-order valence-electron chi connectivity index (χ2n) is 5.88. The number of ether oxygens (including phenoxy) is 1. The molecule has 0 bridgehead atoms. The zero-order chi connectivity index (χ0) is 16.4. The summed E-state index contributed by atoms with van der Waals surface area (Å²) >= 11 is 0. The topological polar surface area (TPSA) is 106 Å². The van der Waals surface area contributed by atoms with Crippen LogP contribution < -0.4 is 14.9 Å². The van der Waals surface area contributed by atoms with Crippen molar-refractivity contribution in [1.82, 2.24) is 4.98 Å². The monoisotopic (exact) mass is 340 g/mol. The number of pyridine rings is 1. The van der Waals surface area contributed by atoms with Crippen molar-refractivity contribution >= 4 is 27.4 Å². The van der Waals surface area contributed by atoms with Gasteiger partial charge in [-0.3, -0.25) is 4.79 Å². The molecule has 3 rings (SSSR count). The number of sulfonamides is 1. The van der Waals surface area contributed by atoms with Crippen LogP contribution in [-0.4, -0.2) is 57.9 Å². The van der Waals surface area contributed by atoms with Crippen molar-refractivity contribution in [3.63, 3.8) is 0 Å². The molecular weight excluding hydrogens is 320 g/mol. The molecule has 0 aromatic carbocycles. The fourth-order valence-corrected chi connectivity index (χ4v) is 3.87. The van der Waals surface area contributed by atoms with Gasteiger partial charge < -0.3 is 14.5 Å². The molecule has 2 aliphatic rings. The summed E-state index contributed by atoms with van der Waals surface area (Å²) in [4.78, 5) is 20.2. The maximum atomic E-state index is 12.1. The molecule has 126 valence electrons. The Morgan fingerprint density at radius 3 is 2.65 bits per heavy atom. The number of carbonyl (C=O) groups excluding carboxylic acids is 1. The Morgan fingerprint density at radius 2 is 2.04 bits per heavy atom. The number of nitrogens with zero attached hydrogens (tertiary/aromatic N) is 3. The predicted molar refractivity (Wildman–Crippen MR) is 85.7 cm³/mol. The van der Waals surface area contributed by atoms with Crippen molar-refractivity contribution in [2.24, 2.45) is 11.1 Å². The average Bonchev–Trinajstić information content (AvgIpc) is 2.87. The van der Waals surface area contributed by atoms with Crippen molar-refractivity contribution in [1.29, 1.82) is 0 Å². The van der Waals surface area contributed by atoms with Gasteiger partial charge in [-0.25, -0.2) is 18.5 Å². The van der Waals surface area contributed by atoms with Crippen LogP contribution in [0.2, 0.25) is 0 Å². The summed E-state index contributed by atoms with van der Waals surface area (Å²) in [5.41, 5.74) is 0.684. The number of primary sulfonamides is 1. The molecule has 2 N–H and O–H groups in total. The minimum Gasteiger partial charge on any atom is -0.378 e. The Kier molecular flexibility index (Phi) is 4.51. The van der Waals surface area contributed by atoms with E-state index in [0.717, 1.165) is 18.9 Å². The van der Waals surface area contributed by atoms with E-state index in [9.17, 15) is 13.2 Å². The zero-order valence-corrected chi connectivity index (χ0v) is 13.5. The van der Waals surface area contributed by atoms with E-state index in [-0.39, 0.29) is 24.0 Å². The van der Waals surface area contributed by atoms with Crippen molar-refractivity contribution in [2.45, 2.75) is 6.42 Å². The number of hydrogen-bond acceptors (Lipinski definition) is 6. The number of anilines is 2. The molecule has 2 fully saturated rings. The van der Waals surface area contributed by atoms with E-state index < -0.39 is 10.0 Å². The lowest BCUT2D eigenvalue weighted by atomic mass is 10.1. The van der Waals surface area contributed by atoms with Crippen LogP contribution in [0.25, 0.3) is 0 Å². The summed E-state index contributed by atoms with van der Waals surface area (Å²) < 4.78 is 27.7. The molecule has 8 nitrogen and oxygen atoms in total. The van der Waals surface area contributed by atoms with E-state index in [4.69, 9.17) is 9.88 Å². The molecule has 2 saturated heterocycles. The third kappa shape index (κ3) is 3.98. The molecule has 0 spiro atoms. The van der Waals surface area contributed by atoms with Crippen molar-refractivity contribution < 1.29 is 17.9 Å². The molecule has 23 heavy (non-hydrogen) atoms. The smallest absolute Gasteiger partial charge is 0.227 e. The van der Waals surface area contributed by atoms with Gasteiger partial charge in [0.2, 0.25) is 15.9 Å². The van der Waals surface area contributed by atoms with E-state index in [1.807, 2.05) is 12.1 Å². The van der Waals surface area contributed by atoms with Gasteiger partial charge in [0.05, 0.1) is 30.9 Å². The lowest BCUT2D eigenvalue weighted by molar-refractivity contribution is -0.117. The number of carbonyl (C=O) groups is 1. The van der Waals surface area contributed by atoms with Gasteiger partial charge >= 0.3 is 0 Å². The molecule has 1 aromatic heterocycles. The molecule has 1 unspecified atom stereocenters. The van der Waals surface area contributed by atoms with Crippen LogP contribution in [0.1, 0.15) is 6.42 Å². The molecule has 1 aromatic rings. The molecule has 9 heteroatoms. The fourth-order valence-electron chi connectivity index (χ4n) is 2.99. The summed E-state index contributed by atoms with van der Waals surface area (Å²) in [7, 11) is -3.57. The summed E-state index contributed by atoms with van der Waals surface area (Å²) in [6, 6.07) is 3.72. The summed E-state index contributed by atoms with van der Waals surface area (Å²) in [5, 5.41) is 5.06. The SMILES string of the molecule is NS(=O)(=O)CC1CC(=O)N(c2ccc(N3CCOCC3)nc2)C1. The van der Waals surface area contributed by atoms with Crippen LogP contribution in [0.3, 0.4) is 0 Å². The Labute approximate surface area is 135 Å². The molecular formula is C14H20N4O4S. The maximum Gasteiger partial charge on any atom is 0.227 e. The first-order valence-corrected chi connectivity index (χ1v) is 9.23. The first-order valence-electron chi connectivity index (χ1n) is 7.52. The highest BCUT2D eigenvalue weighted by atomic mass is 32.2. The Hall–Kier alpha value is -1.71. The summed E-state index contributed by atoms with van der Waals surface area (Å²) in [6.07, 6.45) is 1.85. The third-order valence-electron chi connectivity index (χ3n) is 4.05. The summed E-state index contributed by atoms with van der Waals surface area (Å²) in [6.45, 7) is 3.32. The normalized spacial score (nSPS) is 22.7. The second kappa shape index (κ2) is 6.42. The molecule has 3 heterocycles. The minimum atomic E-state index is -3.57. The molecule has 1 atom stereocenters. The van der Waals surface area contributed by atoms with E-state index in [2.05, 4.69) is 9.88 Å². The van der Waals surface area contributed by atoms with Crippen LogP contribution in [0, 0.1) is 5.92 Å². The van der Waals surface area contributed by atoms with Crippen LogP contribution >= 0.6 is 0 Å². The minimum absolute atomic E-state index is 0.0976. The summed E-state index contributed by atoms with van der Waals surface area (Å²) in [5.74, 6) is 0.315. The van der Waals surface area contributed by atoms with Gasteiger partial charge in [-0.05, 0) is 12.1 Å². The van der Waals surface area contributed by atoms with Gasteiger partial charge in [-0.1, -0.05) is 0 Å². The number of nitrogens with two attached hydrogens (primary N) is 1. The van der Waals surface area contributed by atoms with Crippen LogP contribution in [0.5, 0.6) is 0 Å². The van der Waals surface area contributed by atoms with E-state index in [1.54, 1.807) is 11.1 Å². The van der Waals surface area contributed by atoms with Gasteiger partial charge in [0.1, 0.15) is 5.82 Å². The van der Waals surface area contributed by atoms with Gasteiger partial charge in [-0.2, -0.15) is 0 Å².